The summed E-state index contributed by atoms with van der Waals surface area (Å²) in [6.45, 7) is 2.14. The molecule has 0 bridgehead atoms. The molecular formula is C15H20FNO3. The van der Waals surface area contributed by atoms with E-state index in [1.54, 1.807) is 11.9 Å². The van der Waals surface area contributed by atoms with E-state index in [9.17, 15) is 14.3 Å². The maximum Gasteiger partial charge on any atom is 0.180 e. The van der Waals surface area contributed by atoms with Crippen LogP contribution in [-0.2, 0) is 4.74 Å². The number of halogens is 1. The standard InChI is InChI=1S/C15H20FNO3/c1-17(6-7-20-10-11-2-3-11)9-15(19)13-8-12(16)4-5-14(13)18/h4-5,8,11,18H,2-3,6-7,9-10H2,1H3. The molecule has 1 aliphatic rings. The second kappa shape index (κ2) is 6.81. The molecule has 0 radical (unpaired) electrons. The Hall–Kier alpha value is -1.46. The number of phenolic OH excluding ortho intramolecular Hbond substituents is 1. The topological polar surface area (TPSA) is 49.8 Å². The third kappa shape index (κ3) is 4.58. The van der Waals surface area contributed by atoms with Crippen molar-refractivity contribution in [1.29, 1.82) is 0 Å². The number of likely N-dealkylation sites (N-methyl/N-ethyl adjacent to an activating group) is 1. The van der Waals surface area contributed by atoms with Crippen LogP contribution in [-0.4, -0.2) is 49.1 Å². The van der Waals surface area contributed by atoms with Gasteiger partial charge in [0, 0.05) is 13.2 Å². The number of rotatable bonds is 8. The molecule has 5 heteroatoms. The van der Waals surface area contributed by atoms with E-state index in [2.05, 4.69) is 0 Å². The second-order valence-corrected chi connectivity index (χ2v) is 5.34. The van der Waals surface area contributed by atoms with Gasteiger partial charge in [-0.05, 0) is 44.0 Å². The molecule has 0 amide bonds. The second-order valence-electron chi connectivity index (χ2n) is 5.34. The number of Topliss-reactive ketones (excluding diaryl/α,β-unsaturated/α-hetero) is 1. The van der Waals surface area contributed by atoms with Crippen molar-refractivity contribution in [3.63, 3.8) is 0 Å². The molecule has 0 heterocycles. The van der Waals surface area contributed by atoms with Crippen LogP contribution in [0.4, 0.5) is 4.39 Å². The summed E-state index contributed by atoms with van der Waals surface area (Å²) in [7, 11) is 1.80. The molecule has 0 saturated heterocycles. The summed E-state index contributed by atoms with van der Waals surface area (Å²) >= 11 is 0. The molecule has 0 aliphatic heterocycles. The van der Waals surface area contributed by atoms with Crippen molar-refractivity contribution in [2.24, 2.45) is 5.92 Å². The van der Waals surface area contributed by atoms with Gasteiger partial charge in [0.2, 0.25) is 0 Å². The quantitative estimate of drug-likeness (QED) is 0.585. The SMILES string of the molecule is CN(CCOCC1CC1)CC(=O)c1cc(F)ccc1O. The Morgan fingerprint density at radius 3 is 2.95 bits per heavy atom. The molecule has 0 atom stereocenters. The molecule has 1 aliphatic carbocycles. The van der Waals surface area contributed by atoms with Gasteiger partial charge in [-0.1, -0.05) is 0 Å². The first-order valence-electron chi connectivity index (χ1n) is 6.84. The van der Waals surface area contributed by atoms with Crippen molar-refractivity contribution in [3.05, 3.63) is 29.6 Å². The van der Waals surface area contributed by atoms with Gasteiger partial charge < -0.3 is 9.84 Å². The maximum atomic E-state index is 13.1. The van der Waals surface area contributed by atoms with E-state index in [1.165, 1.54) is 18.9 Å². The minimum absolute atomic E-state index is 0.0238. The number of hydrogen-bond donors (Lipinski definition) is 1. The van der Waals surface area contributed by atoms with Crippen molar-refractivity contribution < 1.29 is 19.0 Å². The van der Waals surface area contributed by atoms with Gasteiger partial charge in [-0.15, -0.1) is 0 Å². The predicted molar refractivity (Wildman–Crippen MR) is 73.4 cm³/mol. The largest absolute Gasteiger partial charge is 0.507 e. The summed E-state index contributed by atoms with van der Waals surface area (Å²) in [5.41, 5.74) is 0.0238. The van der Waals surface area contributed by atoms with Crippen LogP contribution in [0.3, 0.4) is 0 Å². The van der Waals surface area contributed by atoms with E-state index in [0.29, 0.717) is 13.2 Å². The normalized spacial score (nSPS) is 14.8. The van der Waals surface area contributed by atoms with Gasteiger partial charge in [-0.2, -0.15) is 0 Å². The Bertz CT molecular complexity index is 474. The fourth-order valence-electron chi connectivity index (χ4n) is 1.90. The van der Waals surface area contributed by atoms with Crippen molar-refractivity contribution in [2.45, 2.75) is 12.8 Å². The first-order chi connectivity index (χ1) is 9.56. The molecule has 20 heavy (non-hydrogen) atoms. The monoisotopic (exact) mass is 281 g/mol. The lowest BCUT2D eigenvalue weighted by atomic mass is 10.1. The van der Waals surface area contributed by atoms with Gasteiger partial charge in [0.25, 0.3) is 0 Å². The number of aromatic hydroxyl groups is 1. The summed E-state index contributed by atoms with van der Waals surface area (Å²) < 4.78 is 18.6. The third-order valence-corrected chi connectivity index (χ3v) is 3.34. The van der Waals surface area contributed by atoms with Crippen LogP contribution in [0.5, 0.6) is 5.75 Å². The van der Waals surface area contributed by atoms with Crippen LogP contribution in [0.2, 0.25) is 0 Å². The molecule has 4 nitrogen and oxygen atoms in total. The molecule has 2 rings (SSSR count). The van der Waals surface area contributed by atoms with E-state index in [-0.39, 0.29) is 23.6 Å². The van der Waals surface area contributed by atoms with Crippen LogP contribution in [0.25, 0.3) is 0 Å². The van der Waals surface area contributed by atoms with Gasteiger partial charge >= 0.3 is 0 Å². The summed E-state index contributed by atoms with van der Waals surface area (Å²) in [6.07, 6.45) is 2.51. The number of benzene rings is 1. The molecule has 1 N–H and O–H groups in total. The Kier molecular flexibility index (Phi) is 5.09. The van der Waals surface area contributed by atoms with Gasteiger partial charge in [0.15, 0.2) is 5.78 Å². The number of ketones is 1. The fourth-order valence-corrected chi connectivity index (χ4v) is 1.90. The zero-order valence-corrected chi connectivity index (χ0v) is 11.6. The summed E-state index contributed by atoms with van der Waals surface area (Å²) in [4.78, 5) is 13.8. The van der Waals surface area contributed by atoms with Crippen molar-refractivity contribution >= 4 is 5.78 Å². The first kappa shape index (κ1) is 14.9. The highest BCUT2D eigenvalue weighted by Crippen LogP contribution is 2.28. The van der Waals surface area contributed by atoms with E-state index >= 15 is 0 Å². The third-order valence-electron chi connectivity index (χ3n) is 3.34. The number of phenols is 1. The van der Waals surface area contributed by atoms with Gasteiger partial charge in [-0.25, -0.2) is 4.39 Å². The van der Waals surface area contributed by atoms with Gasteiger partial charge in [0.1, 0.15) is 11.6 Å². The van der Waals surface area contributed by atoms with E-state index in [1.807, 2.05) is 0 Å². The zero-order chi connectivity index (χ0) is 14.5. The minimum atomic E-state index is -0.526. The van der Waals surface area contributed by atoms with Crippen molar-refractivity contribution in [3.8, 4) is 5.75 Å². The average molecular weight is 281 g/mol. The van der Waals surface area contributed by atoms with Crippen LogP contribution >= 0.6 is 0 Å². The highest BCUT2D eigenvalue weighted by Gasteiger charge is 2.21. The predicted octanol–water partition coefficient (Wildman–Crippen LogP) is 2.07. The Morgan fingerprint density at radius 1 is 1.50 bits per heavy atom. The molecular weight excluding hydrogens is 261 g/mol. The Labute approximate surface area is 118 Å². The molecule has 1 saturated carbocycles. The lowest BCUT2D eigenvalue weighted by Crippen LogP contribution is -2.29. The van der Waals surface area contributed by atoms with Gasteiger partial charge in [0.05, 0.1) is 18.7 Å². The Balaban J connectivity index is 1.75. The molecule has 1 aromatic carbocycles. The van der Waals surface area contributed by atoms with Crippen LogP contribution in [0, 0.1) is 11.7 Å². The molecule has 0 unspecified atom stereocenters. The molecule has 1 fully saturated rings. The summed E-state index contributed by atoms with van der Waals surface area (Å²) in [6, 6.07) is 3.39. The highest BCUT2D eigenvalue weighted by atomic mass is 19.1. The molecule has 0 aromatic heterocycles. The summed E-state index contributed by atoms with van der Waals surface area (Å²) in [5, 5.41) is 9.57. The number of hydrogen-bond acceptors (Lipinski definition) is 4. The van der Waals surface area contributed by atoms with Crippen molar-refractivity contribution in [1.82, 2.24) is 4.90 Å². The number of ether oxygens (including phenoxy) is 1. The lowest BCUT2D eigenvalue weighted by Gasteiger charge is -2.16. The average Bonchev–Trinajstić information content (AvgIpc) is 3.21. The molecule has 1 aromatic rings. The maximum absolute atomic E-state index is 13.1. The van der Waals surface area contributed by atoms with E-state index < -0.39 is 5.82 Å². The van der Waals surface area contributed by atoms with Gasteiger partial charge in [-0.3, -0.25) is 9.69 Å². The van der Waals surface area contributed by atoms with Crippen molar-refractivity contribution in [2.75, 3.05) is 33.4 Å². The summed E-state index contributed by atoms with van der Waals surface area (Å²) in [5.74, 6) is -0.283. The van der Waals surface area contributed by atoms with Crippen LogP contribution in [0.15, 0.2) is 18.2 Å². The molecule has 0 spiro atoms. The fraction of sp³-hybridized carbons (Fsp3) is 0.533. The number of nitrogens with zero attached hydrogens (tertiary/aromatic N) is 1. The minimum Gasteiger partial charge on any atom is -0.507 e. The number of carbonyl (C=O) groups excluding carboxylic acids is 1. The van der Waals surface area contributed by atoms with Crippen LogP contribution in [0.1, 0.15) is 23.2 Å². The smallest absolute Gasteiger partial charge is 0.180 e. The first-order valence-corrected chi connectivity index (χ1v) is 6.84. The zero-order valence-electron chi connectivity index (χ0n) is 11.6. The van der Waals surface area contributed by atoms with E-state index in [0.717, 1.165) is 24.7 Å². The lowest BCUT2D eigenvalue weighted by molar-refractivity contribution is 0.0858. The van der Waals surface area contributed by atoms with E-state index in [4.69, 9.17) is 4.74 Å². The van der Waals surface area contributed by atoms with Crippen LogP contribution < -0.4 is 0 Å². The molecule has 110 valence electrons. The number of carbonyl (C=O) groups is 1. The highest BCUT2D eigenvalue weighted by molar-refractivity contribution is 5.99. The Morgan fingerprint density at radius 2 is 2.25 bits per heavy atom.